The third kappa shape index (κ3) is 5.01. The molecule has 7 nitrogen and oxygen atoms in total. The minimum atomic E-state index is -3.51. The van der Waals surface area contributed by atoms with Crippen LogP contribution in [0.15, 0.2) is 63.9 Å². The van der Waals surface area contributed by atoms with Crippen molar-refractivity contribution in [2.75, 3.05) is 25.6 Å². The van der Waals surface area contributed by atoms with Crippen LogP contribution < -0.4 is 10.2 Å². The molecule has 0 spiro atoms. The summed E-state index contributed by atoms with van der Waals surface area (Å²) in [5.41, 5.74) is 5.24. The van der Waals surface area contributed by atoms with Gasteiger partial charge in [-0.3, -0.25) is 5.43 Å². The lowest BCUT2D eigenvalue weighted by Crippen LogP contribution is -2.39. The first kappa shape index (κ1) is 22.4. The van der Waals surface area contributed by atoms with Crippen LogP contribution in [-0.4, -0.2) is 44.1 Å². The fourth-order valence-corrected chi connectivity index (χ4v) is 6.03. The maximum atomic E-state index is 13.1. The van der Waals surface area contributed by atoms with Crippen molar-refractivity contribution in [3.05, 3.63) is 59.5 Å². The van der Waals surface area contributed by atoms with Gasteiger partial charge in [0.1, 0.15) is 5.75 Å². The number of anilines is 1. The van der Waals surface area contributed by atoms with Crippen molar-refractivity contribution in [3.8, 4) is 17.0 Å². The quantitative estimate of drug-likeness (QED) is 0.400. The average Bonchev–Trinajstić information content (AvgIpc) is 3.28. The molecule has 1 atom stereocenters. The third-order valence-corrected chi connectivity index (χ3v) is 8.00. The zero-order chi connectivity index (χ0) is 22.6. The number of methoxy groups -OCH3 is 1. The first-order valence-electron chi connectivity index (χ1n) is 10.5. The van der Waals surface area contributed by atoms with Crippen molar-refractivity contribution in [2.24, 2.45) is 11.0 Å². The minimum Gasteiger partial charge on any atom is -0.496 e. The van der Waals surface area contributed by atoms with Gasteiger partial charge in [0.2, 0.25) is 15.2 Å². The third-order valence-electron chi connectivity index (χ3n) is 5.39. The Morgan fingerprint density at radius 2 is 2.09 bits per heavy atom. The number of hydrogen-bond acceptors (Lipinski definition) is 7. The molecule has 2 aromatic carbocycles. The molecule has 0 radical (unpaired) electrons. The Morgan fingerprint density at radius 3 is 2.91 bits per heavy atom. The van der Waals surface area contributed by atoms with Crippen LogP contribution >= 0.6 is 11.3 Å². The maximum Gasteiger partial charge on any atom is 0.243 e. The SMILES string of the molecule is COc1ccccc1C=NNc1nc(-c2cccc(S(=O)(=O)N3CCCC(C)C3)c2)cs1. The van der Waals surface area contributed by atoms with E-state index in [0.29, 0.717) is 34.7 Å². The van der Waals surface area contributed by atoms with Gasteiger partial charge in [0.25, 0.3) is 0 Å². The smallest absolute Gasteiger partial charge is 0.243 e. The summed E-state index contributed by atoms with van der Waals surface area (Å²) < 4.78 is 33.1. The molecule has 168 valence electrons. The summed E-state index contributed by atoms with van der Waals surface area (Å²) in [6.07, 6.45) is 3.64. The molecule has 4 rings (SSSR count). The largest absolute Gasteiger partial charge is 0.496 e. The van der Waals surface area contributed by atoms with E-state index in [2.05, 4.69) is 22.4 Å². The van der Waals surface area contributed by atoms with Gasteiger partial charge in [-0.2, -0.15) is 9.41 Å². The Kier molecular flexibility index (Phi) is 6.88. The number of sulfonamides is 1. The Bertz CT molecular complexity index is 1210. The molecule has 1 aliphatic rings. The topological polar surface area (TPSA) is 83.9 Å². The molecule has 0 saturated carbocycles. The lowest BCUT2D eigenvalue weighted by molar-refractivity contribution is 0.281. The zero-order valence-electron chi connectivity index (χ0n) is 18.1. The predicted octanol–water partition coefficient (Wildman–Crippen LogP) is 4.69. The molecule has 1 unspecified atom stereocenters. The van der Waals surface area contributed by atoms with Gasteiger partial charge in [-0.05, 0) is 43.0 Å². The zero-order valence-corrected chi connectivity index (χ0v) is 19.7. The fraction of sp³-hybridized carbons (Fsp3) is 0.304. The normalized spacial score (nSPS) is 17.5. The fourth-order valence-electron chi connectivity index (χ4n) is 3.72. The number of benzene rings is 2. The number of nitrogens with one attached hydrogen (secondary N) is 1. The molecule has 0 bridgehead atoms. The number of ether oxygens (including phenoxy) is 1. The molecule has 0 amide bonds. The van der Waals surface area contributed by atoms with E-state index >= 15 is 0 Å². The molecule has 0 aliphatic carbocycles. The summed E-state index contributed by atoms with van der Waals surface area (Å²) >= 11 is 1.40. The van der Waals surface area contributed by atoms with Gasteiger partial charge >= 0.3 is 0 Å². The average molecular weight is 471 g/mol. The van der Waals surface area contributed by atoms with Crippen LogP contribution in [0.1, 0.15) is 25.3 Å². The van der Waals surface area contributed by atoms with Crippen molar-refractivity contribution in [3.63, 3.8) is 0 Å². The maximum absolute atomic E-state index is 13.1. The molecular weight excluding hydrogens is 444 g/mol. The summed E-state index contributed by atoms with van der Waals surface area (Å²) in [7, 11) is -1.89. The van der Waals surface area contributed by atoms with Gasteiger partial charge in [-0.1, -0.05) is 31.2 Å². The first-order chi connectivity index (χ1) is 15.5. The van der Waals surface area contributed by atoms with Crippen molar-refractivity contribution >= 4 is 32.7 Å². The highest BCUT2D eigenvalue weighted by atomic mass is 32.2. The highest BCUT2D eigenvalue weighted by Gasteiger charge is 2.28. The number of hydrazone groups is 1. The van der Waals surface area contributed by atoms with E-state index in [1.54, 1.807) is 35.8 Å². The molecule has 1 saturated heterocycles. The number of piperidine rings is 1. The van der Waals surface area contributed by atoms with E-state index in [0.717, 1.165) is 29.7 Å². The summed E-state index contributed by atoms with van der Waals surface area (Å²) in [6.45, 7) is 3.24. The number of para-hydroxylation sites is 1. The van der Waals surface area contributed by atoms with E-state index in [9.17, 15) is 8.42 Å². The first-order valence-corrected chi connectivity index (χ1v) is 12.8. The lowest BCUT2D eigenvalue weighted by atomic mass is 10.0. The number of thiazole rings is 1. The second-order valence-electron chi connectivity index (χ2n) is 7.79. The Labute approximate surface area is 192 Å². The molecule has 1 fully saturated rings. The number of hydrogen-bond donors (Lipinski definition) is 1. The second kappa shape index (κ2) is 9.81. The van der Waals surface area contributed by atoms with Gasteiger partial charge in [-0.15, -0.1) is 11.3 Å². The van der Waals surface area contributed by atoms with Gasteiger partial charge in [0, 0.05) is 29.6 Å². The van der Waals surface area contributed by atoms with Crippen LogP contribution in [0.5, 0.6) is 5.75 Å². The van der Waals surface area contributed by atoms with E-state index in [4.69, 9.17) is 4.74 Å². The van der Waals surface area contributed by atoms with Gasteiger partial charge < -0.3 is 4.74 Å². The standard InChI is InChI=1S/C23H26N4O3S2/c1-17-7-6-12-27(15-17)32(28,29)20-10-5-9-18(13-20)21-16-31-23(25-21)26-24-14-19-8-3-4-11-22(19)30-2/h3-5,8-11,13-14,16-17H,6-7,12,15H2,1-2H3,(H,25,26). The molecule has 1 N–H and O–H groups in total. The van der Waals surface area contributed by atoms with Crippen molar-refractivity contribution in [2.45, 2.75) is 24.7 Å². The van der Waals surface area contributed by atoms with Gasteiger partial charge in [-0.25, -0.2) is 13.4 Å². The summed E-state index contributed by atoms with van der Waals surface area (Å²) in [6, 6.07) is 14.6. The van der Waals surface area contributed by atoms with Crippen LogP contribution in [0, 0.1) is 5.92 Å². The summed E-state index contributed by atoms with van der Waals surface area (Å²) in [5.74, 6) is 1.12. The Hall–Kier alpha value is -2.75. The van der Waals surface area contributed by atoms with Crippen molar-refractivity contribution in [1.82, 2.24) is 9.29 Å². The van der Waals surface area contributed by atoms with Gasteiger partial charge in [0.05, 0.1) is 23.9 Å². The lowest BCUT2D eigenvalue weighted by Gasteiger charge is -2.30. The summed E-state index contributed by atoms with van der Waals surface area (Å²) in [4.78, 5) is 4.86. The molecule has 1 aromatic heterocycles. The molecule has 2 heterocycles. The number of nitrogens with zero attached hydrogens (tertiary/aromatic N) is 3. The molecule has 3 aromatic rings. The molecule has 1 aliphatic heterocycles. The molecule has 9 heteroatoms. The molecule has 32 heavy (non-hydrogen) atoms. The number of aromatic nitrogens is 1. The van der Waals surface area contributed by atoms with E-state index in [1.165, 1.54) is 11.3 Å². The van der Waals surface area contributed by atoms with E-state index < -0.39 is 10.0 Å². The monoisotopic (exact) mass is 470 g/mol. The van der Waals surface area contributed by atoms with Crippen LogP contribution in [0.2, 0.25) is 0 Å². The summed E-state index contributed by atoms with van der Waals surface area (Å²) in [5, 5.41) is 6.74. The minimum absolute atomic E-state index is 0.306. The van der Waals surface area contributed by atoms with Crippen molar-refractivity contribution < 1.29 is 13.2 Å². The second-order valence-corrected chi connectivity index (χ2v) is 10.6. The highest BCUT2D eigenvalue weighted by molar-refractivity contribution is 7.89. The van der Waals surface area contributed by atoms with Crippen LogP contribution in [-0.2, 0) is 10.0 Å². The highest BCUT2D eigenvalue weighted by Crippen LogP contribution is 2.29. The van der Waals surface area contributed by atoms with Crippen LogP contribution in [0.4, 0.5) is 5.13 Å². The van der Waals surface area contributed by atoms with Crippen LogP contribution in [0.25, 0.3) is 11.3 Å². The van der Waals surface area contributed by atoms with E-state index in [1.807, 2.05) is 35.7 Å². The number of rotatable bonds is 7. The predicted molar refractivity (Wildman–Crippen MR) is 129 cm³/mol. The van der Waals surface area contributed by atoms with E-state index in [-0.39, 0.29) is 0 Å². The van der Waals surface area contributed by atoms with Crippen LogP contribution in [0.3, 0.4) is 0 Å². The Morgan fingerprint density at radius 1 is 1.25 bits per heavy atom. The molecular formula is C23H26N4O3S2. The Balaban J connectivity index is 1.49. The van der Waals surface area contributed by atoms with Crippen molar-refractivity contribution in [1.29, 1.82) is 0 Å². The van der Waals surface area contributed by atoms with Gasteiger partial charge in [0.15, 0.2) is 0 Å².